The molecule has 0 aliphatic carbocycles. The van der Waals surface area contributed by atoms with Crippen LogP contribution in [-0.4, -0.2) is 12.1 Å². The van der Waals surface area contributed by atoms with E-state index in [2.05, 4.69) is 0 Å². The fraction of sp³-hybridized carbons (Fsp3) is 0.333. The zero-order chi connectivity index (χ0) is 10.8. The van der Waals surface area contributed by atoms with Gasteiger partial charge in [0.05, 0.1) is 0 Å². The number of rotatable bonds is 2. The van der Waals surface area contributed by atoms with E-state index in [0.717, 1.165) is 12.0 Å². The van der Waals surface area contributed by atoms with Gasteiger partial charge in [-0.3, -0.25) is 0 Å². The van der Waals surface area contributed by atoms with Gasteiger partial charge in [0.25, 0.3) is 0 Å². The predicted octanol–water partition coefficient (Wildman–Crippen LogP) is 0.925. The monoisotopic (exact) mass is 204 g/mol. The maximum absolute atomic E-state index is 11.0. The van der Waals surface area contributed by atoms with Crippen molar-refractivity contribution in [2.45, 2.75) is 19.4 Å². The van der Waals surface area contributed by atoms with Crippen LogP contribution in [-0.2, 0) is 23.0 Å². The van der Waals surface area contributed by atoms with Crippen molar-refractivity contribution in [3.8, 4) is 0 Å². The summed E-state index contributed by atoms with van der Waals surface area (Å²) in [6.45, 7) is 1.93. The van der Waals surface area contributed by atoms with Crippen LogP contribution in [0.15, 0.2) is 36.2 Å². The predicted molar refractivity (Wildman–Crippen MR) is 55.0 cm³/mol. The number of hydrogen-bond acceptors (Lipinski definition) is 2. The Bertz CT molecular complexity index is 406. The molecule has 1 aliphatic heterocycles. The minimum absolute atomic E-state index is 0.0785. The molecule has 3 nitrogen and oxygen atoms in total. The lowest BCUT2D eigenvalue weighted by molar-refractivity contribution is -0.671. The topological polar surface area (TPSA) is 30.2 Å². The standard InChI is InChI=1S/C12H14NO2/c1-9-7-12(14)15-11(9)8-10-3-5-13(2)6-4-10/h3-7,11H,8H2,1-2H3/q+1/t11-/m1/s1. The van der Waals surface area contributed by atoms with Crippen molar-refractivity contribution >= 4 is 5.97 Å². The van der Waals surface area contributed by atoms with E-state index >= 15 is 0 Å². The first-order valence-electron chi connectivity index (χ1n) is 4.98. The van der Waals surface area contributed by atoms with Gasteiger partial charge in [-0.2, -0.15) is 0 Å². The highest BCUT2D eigenvalue weighted by Gasteiger charge is 2.23. The van der Waals surface area contributed by atoms with Crippen LogP contribution >= 0.6 is 0 Å². The van der Waals surface area contributed by atoms with Crippen molar-refractivity contribution < 1.29 is 14.1 Å². The van der Waals surface area contributed by atoms with Crippen LogP contribution in [0.1, 0.15) is 12.5 Å². The number of hydrogen-bond donors (Lipinski definition) is 0. The minimum atomic E-state index is -0.223. The van der Waals surface area contributed by atoms with E-state index in [1.165, 1.54) is 5.56 Å². The summed E-state index contributed by atoms with van der Waals surface area (Å²) >= 11 is 0. The van der Waals surface area contributed by atoms with Crippen LogP contribution in [0.25, 0.3) is 0 Å². The van der Waals surface area contributed by atoms with Gasteiger partial charge < -0.3 is 4.74 Å². The lowest BCUT2D eigenvalue weighted by atomic mass is 10.0. The van der Waals surface area contributed by atoms with Crippen molar-refractivity contribution in [3.63, 3.8) is 0 Å². The van der Waals surface area contributed by atoms with Crippen LogP contribution in [0.5, 0.6) is 0 Å². The molecule has 0 unspecified atom stereocenters. The molecule has 0 saturated carbocycles. The zero-order valence-electron chi connectivity index (χ0n) is 8.93. The normalized spacial score (nSPS) is 20.0. The molecule has 0 amide bonds. The van der Waals surface area contributed by atoms with Gasteiger partial charge in [-0.1, -0.05) is 0 Å². The third-order valence-corrected chi connectivity index (χ3v) is 2.58. The number of ether oxygens (including phenoxy) is 1. The van der Waals surface area contributed by atoms with Gasteiger partial charge in [0.1, 0.15) is 13.2 Å². The minimum Gasteiger partial charge on any atom is -0.454 e. The Hall–Kier alpha value is -1.64. The van der Waals surface area contributed by atoms with Crippen molar-refractivity contribution in [3.05, 3.63) is 41.7 Å². The summed E-state index contributed by atoms with van der Waals surface area (Å²) in [5.74, 6) is -0.223. The van der Waals surface area contributed by atoms with Gasteiger partial charge in [-0.05, 0) is 18.1 Å². The average Bonchev–Trinajstić information content (AvgIpc) is 2.49. The first-order valence-corrected chi connectivity index (χ1v) is 4.98. The van der Waals surface area contributed by atoms with Crippen molar-refractivity contribution in [1.82, 2.24) is 0 Å². The van der Waals surface area contributed by atoms with E-state index in [9.17, 15) is 4.79 Å². The summed E-state index contributed by atoms with van der Waals surface area (Å²) in [5, 5.41) is 0. The molecule has 0 spiro atoms. The van der Waals surface area contributed by atoms with Gasteiger partial charge in [-0.25, -0.2) is 9.36 Å². The van der Waals surface area contributed by atoms with Crippen LogP contribution in [0.3, 0.4) is 0 Å². The molecule has 1 aromatic rings. The molecule has 0 radical (unpaired) electrons. The van der Waals surface area contributed by atoms with Crippen LogP contribution in [0, 0.1) is 0 Å². The Balaban J connectivity index is 2.07. The highest BCUT2D eigenvalue weighted by atomic mass is 16.5. The molecule has 2 heterocycles. The Morgan fingerprint density at radius 1 is 1.40 bits per heavy atom. The average molecular weight is 204 g/mol. The Morgan fingerprint density at radius 3 is 2.60 bits per heavy atom. The molecule has 0 N–H and O–H groups in total. The molecule has 0 fully saturated rings. The van der Waals surface area contributed by atoms with Crippen LogP contribution in [0.4, 0.5) is 0 Å². The number of pyridine rings is 1. The summed E-state index contributed by atoms with van der Waals surface area (Å²) in [6, 6.07) is 4.08. The molecular formula is C12H14NO2+. The van der Waals surface area contributed by atoms with Crippen molar-refractivity contribution in [1.29, 1.82) is 0 Å². The molecule has 3 heteroatoms. The molecule has 0 aromatic carbocycles. The molecule has 0 saturated heterocycles. The first kappa shape index (κ1) is 9.90. The summed E-state index contributed by atoms with van der Waals surface area (Å²) in [7, 11) is 1.98. The number of carbonyl (C=O) groups excluding carboxylic acids is 1. The fourth-order valence-corrected chi connectivity index (χ4v) is 1.63. The largest absolute Gasteiger partial charge is 0.454 e. The third-order valence-electron chi connectivity index (χ3n) is 2.58. The van der Waals surface area contributed by atoms with Gasteiger partial charge in [0, 0.05) is 24.6 Å². The molecule has 15 heavy (non-hydrogen) atoms. The number of nitrogens with zero attached hydrogens (tertiary/aromatic N) is 1. The van der Waals surface area contributed by atoms with E-state index < -0.39 is 0 Å². The molecule has 0 bridgehead atoms. The third kappa shape index (κ3) is 2.24. The summed E-state index contributed by atoms with van der Waals surface area (Å²) in [5.41, 5.74) is 2.19. The fourth-order valence-electron chi connectivity index (χ4n) is 1.63. The van der Waals surface area contributed by atoms with Crippen LogP contribution in [0.2, 0.25) is 0 Å². The summed E-state index contributed by atoms with van der Waals surface area (Å²) in [4.78, 5) is 11.0. The quantitative estimate of drug-likeness (QED) is 0.530. The molecule has 1 atom stereocenters. The Morgan fingerprint density at radius 2 is 2.07 bits per heavy atom. The second-order valence-corrected chi connectivity index (χ2v) is 3.89. The van der Waals surface area contributed by atoms with E-state index in [1.54, 1.807) is 6.08 Å². The van der Waals surface area contributed by atoms with Gasteiger partial charge >= 0.3 is 5.97 Å². The molecular weight excluding hydrogens is 190 g/mol. The van der Waals surface area contributed by atoms with Gasteiger partial charge in [0.2, 0.25) is 0 Å². The number of cyclic esters (lactones) is 1. The first-order chi connectivity index (χ1) is 7.15. The molecule has 1 aliphatic rings. The van der Waals surface area contributed by atoms with E-state index in [0.29, 0.717) is 0 Å². The number of esters is 1. The summed E-state index contributed by atoms with van der Waals surface area (Å²) in [6.07, 6.45) is 6.23. The lowest BCUT2D eigenvalue weighted by Crippen LogP contribution is -2.26. The zero-order valence-corrected chi connectivity index (χ0v) is 8.93. The van der Waals surface area contributed by atoms with Gasteiger partial charge in [0.15, 0.2) is 12.4 Å². The summed E-state index contributed by atoms with van der Waals surface area (Å²) < 4.78 is 7.15. The highest BCUT2D eigenvalue weighted by Crippen LogP contribution is 2.18. The van der Waals surface area contributed by atoms with Crippen molar-refractivity contribution in [2.24, 2.45) is 7.05 Å². The van der Waals surface area contributed by atoms with E-state index in [1.807, 2.05) is 43.1 Å². The van der Waals surface area contributed by atoms with Crippen molar-refractivity contribution in [2.75, 3.05) is 0 Å². The Labute approximate surface area is 89.0 Å². The van der Waals surface area contributed by atoms with Crippen LogP contribution < -0.4 is 4.57 Å². The molecule has 78 valence electrons. The van der Waals surface area contributed by atoms with E-state index in [-0.39, 0.29) is 12.1 Å². The SMILES string of the molecule is CC1=CC(=O)O[C@@H]1Cc1cc[n+](C)cc1. The maximum Gasteiger partial charge on any atom is 0.331 e. The smallest absolute Gasteiger partial charge is 0.331 e. The second kappa shape index (κ2) is 3.85. The van der Waals surface area contributed by atoms with E-state index in [4.69, 9.17) is 4.74 Å². The highest BCUT2D eigenvalue weighted by molar-refractivity contribution is 5.85. The number of carbonyl (C=O) groups is 1. The van der Waals surface area contributed by atoms with Gasteiger partial charge in [-0.15, -0.1) is 0 Å². The molecule has 1 aromatic heterocycles. The second-order valence-electron chi connectivity index (χ2n) is 3.89. The Kier molecular flexibility index (Phi) is 2.54. The number of aromatic nitrogens is 1. The maximum atomic E-state index is 11.0. The number of aryl methyl sites for hydroxylation is 1. The lowest BCUT2D eigenvalue weighted by Gasteiger charge is -2.10. The molecule has 2 rings (SSSR count).